The number of hydrogen-bond acceptors (Lipinski definition) is 0. The summed E-state index contributed by atoms with van der Waals surface area (Å²) in [5, 5.41) is 0. The molecule has 0 rings (SSSR count). The van der Waals surface area contributed by atoms with Crippen molar-refractivity contribution >= 4 is 0 Å². The molecule has 0 radical (unpaired) electrons. The van der Waals surface area contributed by atoms with Gasteiger partial charge in [-0.3, -0.25) is 0 Å². The number of hydrogen-bond donors (Lipinski definition) is 0. The third kappa shape index (κ3) is 12.5. The summed E-state index contributed by atoms with van der Waals surface area (Å²) in [6.07, 6.45) is 2.64. The molecule has 0 spiro atoms. The minimum Gasteiger partial charge on any atom is -0.0654 e. The van der Waals surface area contributed by atoms with Crippen LogP contribution < -0.4 is 0 Å². The number of rotatable bonds is 1. The van der Waals surface area contributed by atoms with E-state index in [-0.39, 0.29) is 16.5 Å². The largest absolute Gasteiger partial charge is 0.0654 e. The summed E-state index contributed by atoms with van der Waals surface area (Å²) in [5.41, 5.74) is 0. The molecule has 36 valence electrons. The first-order valence-corrected chi connectivity index (χ1v) is 1.91. The molecule has 0 N–H and O–H groups in total. The van der Waals surface area contributed by atoms with Crippen molar-refractivity contribution in [2.24, 2.45) is 0 Å². The molecule has 1 heteroatoms. The van der Waals surface area contributed by atoms with Crippen LogP contribution in [0.1, 0.15) is 26.7 Å². The molecule has 0 aliphatic heterocycles. The Labute approximate surface area is 43.9 Å². The standard InChI is InChI=1S/C4H10.Ni/c1-3-4-2;/h3-4H2,1-2H3;. The quantitative estimate of drug-likeness (QED) is 0.459. The van der Waals surface area contributed by atoms with E-state index >= 15 is 0 Å². The third-order valence-corrected chi connectivity index (χ3v) is 0.500. The van der Waals surface area contributed by atoms with Gasteiger partial charge in [-0.1, -0.05) is 26.7 Å². The van der Waals surface area contributed by atoms with E-state index in [4.69, 9.17) is 0 Å². The normalized spacial score (nSPS) is 6.00. The summed E-state index contributed by atoms with van der Waals surface area (Å²) >= 11 is 0. The van der Waals surface area contributed by atoms with Crippen LogP contribution >= 0.6 is 0 Å². The smallest absolute Gasteiger partial charge is 0 e. The SMILES string of the molecule is CCCC.[Ni]. The zero-order chi connectivity index (χ0) is 3.41. The van der Waals surface area contributed by atoms with Crippen molar-refractivity contribution in [3.8, 4) is 0 Å². The Balaban J connectivity index is 0. The summed E-state index contributed by atoms with van der Waals surface area (Å²) < 4.78 is 0. The van der Waals surface area contributed by atoms with Gasteiger partial charge in [-0.25, -0.2) is 0 Å². The van der Waals surface area contributed by atoms with Crippen LogP contribution in [0.3, 0.4) is 0 Å². The maximum Gasteiger partial charge on any atom is 0 e. The van der Waals surface area contributed by atoms with Gasteiger partial charge >= 0.3 is 0 Å². The van der Waals surface area contributed by atoms with Gasteiger partial charge in [-0.2, -0.15) is 0 Å². The van der Waals surface area contributed by atoms with Crippen molar-refractivity contribution in [2.75, 3.05) is 0 Å². The topological polar surface area (TPSA) is 0 Å². The van der Waals surface area contributed by atoms with Crippen LogP contribution in [-0.2, 0) is 16.5 Å². The molecule has 0 saturated heterocycles. The van der Waals surface area contributed by atoms with Crippen molar-refractivity contribution in [1.82, 2.24) is 0 Å². The van der Waals surface area contributed by atoms with E-state index < -0.39 is 0 Å². The molecule has 0 aromatic rings. The Morgan fingerprint density at radius 2 is 1.20 bits per heavy atom. The first-order valence-electron chi connectivity index (χ1n) is 1.91. The second kappa shape index (κ2) is 8.82. The zero-order valence-electron chi connectivity index (χ0n) is 3.73. The van der Waals surface area contributed by atoms with Crippen LogP contribution in [0.5, 0.6) is 0 Å². The minimum absolute atomic E-state index is 0. The zero-order valence-corrected chi connectivity index (χ0v) is 4.72. The van der Waals surface area contributed by atoms with E-state index in [1.54, 1.807) is 0 Å². The van der Waals surface area contributed by atoms with Crippen LogP contribution in [0.25, 0.3) is 0 Å². The molecule has 5 heavy (non-hydrogen) atoms. The predicted molar refractivity (Wildman–Crippen MR) is 20.6 cm³/mol. The van der Waals surface area contributed by atoms with Gasteiger partial charge in [-0.05, 0) is 0 Å². The second-order valence-corrected chi connectivity index (χ2v) is 1.000. The Morgan fingerprint density at radius 3 is 1.20 bits per heavy atom. The molecule has 0 aromatic carbocycles. The monoisotopic (exact) mass is 116 g/mol. The van der Waals surface area contributed by atoms with Crippen LogP contribution in [0.15, 0.2) is 0 Å². The maximum absolute atomic E-state index is 2.18. The van der Waals surface area contributed by atoms with Crippen molar-refractivity contribution in [2.45, 2.75) is 26.7 Å². The molecule has 0 fully saturated rings. The van der Waals surface area contributed by atoms with Crippen molar-refractivity contribution < 1.29 is 16.5 Å². The van der Waals surface area contributed by atoms with E-state index in [1.165, 1.54) is 12.8 Å². The van der Waals surface area contributed by atoms with Gasteiger partial charge in [0.15, 0.2) is 0 Å². The van der Waals surface area contributed by atoms with Crippen LogP contribution in [0, 0.1) is 0 Å². The van der Waals surface area contributed by atoms with E-state index in [9.17, 15) is 0 Å². The van der Waals surface area contributed by atoms with Gasteiger partial charge < -0.3 is 0 Å². The molecule has 0 aromatic heterocycles. The molecule has 0 nitrogen and oxygen atoms in total. The average Bonchev–Trinajstić information content (AvgIpc) is 1.37. The van der Waals surface area contributed by atoms with Gasteiger partial charge in [0.25, 0.3) is 0 Å². The van der Waals surface area contributed by atoms with E-state index in [0.29, 0.717) is 0 Å². The van der Waals surface area contributed by atoms with Gasteiger partial charge in [0.2, 0.25) is 0 Å². The van der Waals surface area contributed by atoms with Crippen LogP contribution in [-0.4, -0.2) is 0 Å². The summed E-state index contributed by atoms with van der Waals surface area (Å²) in [6, 6.07) is 0. The molecule has 0 aliphatic rings. The summed E-state index contributed by atoms with van der Waals surface area (Å²) in [4.78, 5) is 0. The average molecular weight is 117 g/mol. The van der Waals surface area contributed by atoms with Gasteiger partial charge in [0, 0.05) is 16.5 Å². The Morgan fingerprint density at radius 1 is 1.00 bits per heavy atom. The molecule has 0 heterocycles. The first kappa shape index (κ1) is 9.09. The molecule has 0 aliphatic carbocycles. The van der Waals surface area contributed by atoms with E-state index in [1.807, 2.05) is 0 Å². The molecule has 0 atom stereocenters. The molecule has 0 unspecified atom stereocenters. The fourth-order valence-electron chi connectivity index (χ4n) is 0. The summed E-state index contributed by atoms with van der Waals surface area (Å²) in [5.74, 6) is 0. The predicted octanol–water partition coefficient (Wildman–Crippen LogP) is 1.80. The van der Waals surface area contributed by atoms with Crippen molar-refractivity contribution in [3.63, 3.8) is 0 Å². The van der Waals surface area contributed by atoms with Crippen molar-refractivity contribution in [1.29, 1.82) is 0 Å². The number of unbranched alkanes of at least 4 members (excludes halogenated alkanes) is 1. The maximum atomic E-state index is 2.18. The minimum atomic E-state index is 0. The Kier molecular flexibility index (Phi) is 16.0. The molecule has 0 bridgehead atoms. The Hall–Kier alpha value is 0.494. The fraction of sp³-hybridized carbons (Fsp3) is 1.00. The molecular formula is C4H10Ni. The molecule has 0 amide bonds. The second-order valence-electron chi connectivity index (χ2n) is 1.000. The third-order valence-electron chi connectivity index (χ3n) is 0.500. The summed E-state index contributed by atoms with van der Waals surface area (Å²) in [7, 11) is 0. The fourth-order valence-corrected chi connectivity index (χ4v) is 0. The summed E-state index contributed by atoms with van der Waals surface area (Å²) in [6.45, 7) is 4.36. The molecular weight excluding hydrogens is 107 g/mol. The van der Waals surface area contributed by atoms with E-state index in [2.05, 4.69) is 13.8 Å². The van der Waals surface area contributed by atoms with Crippen molar-refractivity contribution in [3.05, 3.63) is 0 Å². The van der Waals surface area contributed by atoms with E-state index in [0.717, 1.165) is 0 Å². The van der Waals surface area contributed by atoms with Gasteiger partial charge in [-0.15, -0.1) is 0 Å². The first-order chi connectivity index (χ1) is 1.91. The van der Waals surface area contributed by atoms with Gasteiger partial charge in [0.05, 0.1) is 0 Å². The van der Waals surface area contributed by atoms with Gasteiger partial charge in [0.1, 0.15) is 0 Å². The van der Waals surface area contributed by atoms with Crippen LogP contribution in [0.4, 0.5) is 0 Å². The van der Waals surface area contributed by atoms with Crippen LogP contribution in [0.2, 0.25) is 0 Å². The Bertz CT molecular complexity index is 5.61. The molecule has 0 saturated carbocycles.